The van der Waals surface area contributed by atoms with Crippen molar-refractivity contribution in [2.24, 2.45) is 0 Å². The van der Waals surface area contributed by atoms with E-state index >= 15 is 0 Å². The second-order valence-electron chi connectivity index (χ2n) is 11.3. The first-order valence-corrected chi connectivity index (χ1v) is 14.0. The minimum atomic E-state index is -1.32. The highest BCUT2D eigenvalue weighted by atomic mass is 16.6. The van der Waals surface area contributed by atoms with Crippen molar-refractivity contribution in [2.75, 3.05) is 13.2 Å². The van der Waals surface area contributed by atoms with Crippen molar-refractivity contribution < 1.29 is 34.1 Å². The summed E-state index contributed by atoms with van der Waals surface area (Å²) in [6, 6.07) is 23.7. The van der Waals surface area contributed by atoms with Crippen LogP contribution in [-0.2, 0) is 27.2 Å². The fourth-order valence-corrected chi connectivity index (χ4v) is 5.05. The normalized spacial score (nSPS) is 16.5. The topological polar surface area (TPSA) is 117 Å². The van der Waals surface area contributed by atoms with E-state index in [9.17, 15) is 24.6 Å². The van der Waals surface area contributed by atoms with Gasteiger partial charge in [-0.1, -0.05) is 72.8 Å². The molecular formula is C33H38N2O7. The second kappa shape index (κ2) is 13.2. The van der Waals surface area contributed by atoms with E-state index in [-0.39, 0.29) is 19.8 Å². The van der Waals surface area contributed by atoms with Crippen LogP contribution in [0, 0.1) is 0 Å². The zero-order valence-corrected chi connectivity index (χ0v) is 24.4. The molecule has 0 spiro atoms. The Morgan fingerprint density at radius 2 is 1.67 bits per heavy atom. The third-order valence-corrected chi connectivity index (χ3v) is 7.28. The Hall–Kier alpha value is -4.21. The second-order valence-corrected chi connectivity index (χ2v) is 11.3. The van der Waals surface area contributed by atoms with Gasteiger partial charge in [-0.2, -0.15) is 0 Å². The maximum Gasteiger partial charge on any atom is 0.417 e. The van der Waals surface area contributed by atoms with Gasteiger partial charge in [0.05, 0.1) is 6.04 Å². The molecular weight excluding hydrogens is 536 g/mol. The van der Waals surface area contributed by atoms with Gasteiger partial charge in [0.2, 0.25) is 0 Å². The van der Waals surface area contributed by atoms with Crippen molar-refractivity contribution >= 4 is 18.1 Å². The molecule has 42 heavy (non-hydrogen) atoms. The van der Waals surface area contributed by atoms with Crippen LogP contribution in [-0.4, -0.2) is 69.0 Å². The van der Waals surface area contributed by atoms with Crippen molar-refractivity contribution in [2.45, 2.75) is 64.4 Å². The minimum absolute atomic E-state index is 0.0716. The zero-order chi connectivity index (χ0) is 30.4. The summed E-state index contributed by atoms with van der Waals surface area (Å²) in [6.07, 6.45) is -3.92. The average Bonchev–Trinajstić information content (AvgIpc) is 3.33. The molecule has 0 aromatic heterocycles. The van der Waals surface area contributed by atoms with Gasteiger partial charge in [0.15, 0.2) is 6.10 Å². The van der Waals surface area contributed by atoms with Crippen LogP contribution in [0.2, 0.25) is 0 Å². The molecule has 3 aromatic carbocycles. The molecule has 3 aromatic rings. The monoisotopic (exact) mass is 574 g/mol. The van der Waals surface area contributed by atoms with E-state index in [0.29, 0.717) is 12.0 Å². The van der Waals surface area contributed by atoms with Crippen LogP contribution in [0.15, 0.2) is 78.9 Å². The first kappa shape index (κ1) is 30.7. The number of carbonyl (C=O) groups excluding carboxylic acids is 2. The van der Waals surface area contributed by atoms with Crippen molar-refractivity contribution in [3.05, 3.63) is 95.6 Å². The summed E-state index contributed by atoms with van der Waals surface area (Å²) in [5.74, 6) is -0.647. The predicted molar refractivity (Wildman–Crippen MR) is 158 cm³/mol. The lowest BCUT2D eigenvalue weighted by Gasteiger charge is -2.33. The number of rotatable bonds is 10. The lowest BCUT2D eigenvalue weighted by molar-refractivity contribution is -0.149. The molecule has 1 fully saturated rings. The standard InChI is InChI=1S/C33H38N2O7/c1-5-41-29(30(37)35-27(21-42-32(35)40)19-22-10-7-6-8-11-22)28(36)25-16-14-24(15-17-25)26-13-9-12-23(18-26)20-34(31(38)39)33(2,3)4/h6-18,27-29,36H,5,19-21H2,1-4H3,(H,38,39)/t27-,28+,29-/m0/s1. The molecule has 0 unspecified atom stereocenters. The van der Waals surface area contributed by atoms with Crippen molar-refractivity contribution in [1.29, 1.82) is 0 Å². The highest BCUT2D eigenvalue weighted by Crippen LogP contribution is 2.29. The number of imide groups is 1. The Kier molecular flexibility index (Phi) is 9.65. The quantitative estimate of drug-likeness (QED) is 0.321. The summed E-state index contributed by atoms with van der Waals surface area (Å²) in [6.45, 7) is 7.75. The Morgan fingerprint density at radius 3 is 2.29 bits per heavy atom. The van der Waals surface area contributed by atoms with Crippen LogP contribution >= 0.6 is 0 Å². The molecule has 0 bridgehead atoms. The maximum atomic E-state index is 13.6. The summed E-state index contributed by atoms with van der Waals surface area (Å²) < 4.78 is 10.9. The van der Waals surface area contributed by atoms with E-state index in [2.05, 4.69) is 0 Å². The van der Waals surface area contributed by atoms with Crippen LogP contribution in [0.4, 0.5) is 9.59 Å². The number of aliphatic hydroxyl groups excluding tert-OH is 1. The lowest BCUT2D eigenvalue weighted by Crippen LogP contribution is -2.48. The first-order chi connectivity index (χ1) is 20.0. The lowest BCUT2D eigenvalue weighted by atomic mass is 9.97. The van der Waals surface area contributed by atoms with Gasteiger partial charge < -0.3 is 19.7 Å². The number of ether oxygens (including phenoxy) is 2. The number of hydrogen-bond acceptors (Lipinski definition) is 6. The summed E-state index contributed by atoms with van der Waals surface area (Å²) >= 11 is 0. The predicted octanol–water partition coefficient (Wildman–Crippen LogP) is 5.66. The number of carbonyl (C=O) groups is 3. The van der Waals surface area contributed by atoms with Crippen molar-refractivity contribution in [3.8, 4) is 11.1 Å². The Balaban J connectivity index is 1.51. The summed E-state index contributed by atoms with van der Waals surface area (Å²) in [7, 11) is 0. The van der Waals surface area contributed by atoms with Crippen LogP contribution in [0.3, 0.4) is 0 Å². The van der Waals surface area contributed by atoms with Crippen LogP contribution < -0.4 is 0 Å². The van der Waals surface area contributed by atoms with Gasteiger partial charge in [-0.15, -0.1) is 0 Å². The highest BCUT2D eigenvalue weighted by molar-refractivity contribution is 5.96. The van der Waals surface area contributed by atoms with E-state index in [0.717, 1.165) is 27.2 Å². The Morgan fingerprint density at radius 1 is 1.00 bits per heavy atom. The maximum absolute atomic E-state index is 13.6. The first-order valence-electron chi connectivity index (χ1n) is 14.0. The fraction of sp³-hybridized carbons (Fsp3) is 0.364. The number of cyclic esters (lactones) is 1. The van der Waals surface area contributed by atoms with Crippen molar-refractivity contribution in [3.63, 3.8) is 0 Å². The molecule has 3 atom stereocenters. The molecule has 9 nitrogen and oxygen atoms in total. The number of carboxylic acid groups (broad SMARTS) is 1. The molecule has 0 aliphatic carbocycles. The van der Waals surface area contributed by atoms with Crippen LogP contribution in [0.5, 0.6) is 0 Å². The highest BCUT2D eigenvalue weighted by Gasteiger charge is 2.43. The molecule has 9 heteroatoms. The van der Waals surface area contributed by atoms with E-state index in [1.165, 1.54) is 4.90 Å². The fourth-order valence-electron chi connectivity index (χ4n) is 5.05. The van der Waals surface area contributed by atoms with Crippen LogP contribution in [0.25, 0.3) is 11.1 Å². The van der Waals surface area contributed by atoms with Crippen LogP contribution in [0.1, 0.15) is 50.5 Å². The SMILES string of the molecule is CCO[C@H](C(=O)N1C(=O)OC[C@@H]1Cc1ccccc1)[C@H](O)c1ccc(-c2cccc(CN(C(=O)O)C(C)(C)C)c2)cc1. The summed E-state index contributed by atoms with van der Waals surface area (Å²) in [4.78, 5) is 40.4. The van der Waals surface area contributed by atoms with Crippen molar-refractivity contribution in [1.82, 2.24) is 9.80 Å². The number of nitrogens with zero attached hydrogens (tertiary/aromatic N) is 2. The Bertz CT molecular complexity index is 1390. The van der Waals surface area contributed by atoms with Gasteiger partial charge in [0.25, 0.3) is 5.91 Å². The molecule has 1 aliphatic rings. The van der Waals surface area contributed by atoms with Gasteiger partial charge in [0, 0.05) is 18.7 Å². The number of aliphatic hydroxyl groups is 1. The van der Waals surface area contributed by atoms with Gasteiger partial charge in [-0.3, -0.25) is 9.69 Å². The molecule has 3 amide bonds. The number of hydrogen-bond donors (Lipinski definition) is 2. The van der Waals surface area contributed by atoms with E-state index in [1.807, 2.05) is 87.5 Å². The molecule has 1 saturated heterocycles. The molecule has 0 radical (unpaired) electrons. The minimum Gasteiger partial charge on any atom is -0.465 e. The van der Waals surface area contributed by atoms with E-state index in [1.54, 1.807) is 19.1 Å². The van der Waals surface area contributed by atoms with E-state index < -0.39 is 41.9 Å². The van der Waals surface area contributed by atoms with E-state index in [4.69, 9.17) is 9.47 Å². The van der Waals surface area contributed by atoms with Gasteiger partial charge in [0.1, 0.15) is 12.7 Å². The average molecular weight is 575 g/mol. The molecule has 2 N–H and O–H groups in total. The third kappa shape index (κ3) is 7.16. The van der Waals surface area contributed by atoms with Gasteiger partial charge >= 0.3 is 12.2 Å². The van der Waals surface area contributed by atoms with Gasteiger partial charge in [-0.05, 0) is 68.0 Å². The molecule has 222 valence electrons. The molecule has 1 aliphatic heterocycles. The largest absolute Gasteiger partial charge is 0.465 e. The van der Waals surface area contributed by atoms with Gasteiger partial charge in [-0.25, -0.2) is 14.5 Å². The molecule has 1 heterocycles. The molecule has 4 rings (SSSR count). The molecule has 0 saturated carbocycles. The number of benzene rings is 3. The summed E-state index contributed by atoms with van der Waals surface area (Å²) in [5.41, 5.74) is 3.45. The smallest absolute Gasteiger partial charge is 0.417 e. The summed E-state index contributed by atoms with van der Waals surface area (Å²) in [5, 5.41) is 20.9. The number of amides is 3. The Labute approximate surface area is 246 Å². The zero-order valence-electron chi connectivity index (χ0n) is 24.4. The third-order valence-electron chi connectivity index (χ3n) is 7.28.